The molecule has 0 aliphatic carbocycles. The molecule has 28 heavy (non-hydrogen) atoms. The van der Waals surface area contributed by atoms with Crippen LogP contribution in [0.5, 0.6) is 0 Å². The third kappa shape index (κ3) is 4.74. The number of carbonyl (C=O) groups is 1. The summed E-state index contributed by atoms with van der Waals surface area (Å²) in [5.41, 5.74) is 6.73. The van der Waals surface area contributed by atoms with Crippen molar-refractivity contribution in [2.75, 3.05) is 42.7 Å². The molecular formula is C19H26N8O. The minimum Gasteiger partial charge on any atom is -0.369 e. The Kier molecular flexibility index (Phi) is 6.38. The van der Waals surface area contributed by atoms with Gasteiger partial charge in [0, 0.05) is 32.2 Å². The quantitative estimate of drug-likeness (QED) is 0.418. The van der Waals surface area contributed by atoms with Crippen LogP contribution in [0.2, 0.25) is 0 Å². The summed E-state index contributed by atoms with van der Waals surface area (Å²) in [6.45, 7) is 1.41. The second-order valence-electron chi connectivity index (χ2n) is 6.70. The average molecular weight is 382 g/mol. The Morgan fingerprint density at radius 1 is 1.18 bits per heavy atom. The molecule has 0 bridgehead atoms. The topological polar surface area (TPSA) is 125 Å². The average Bonchev–Trinajstić information content (AvgIpc) is 3.15. The first-order valence-corrected chi connectivity index (χ1v) is 9.33. The third-order valence-electron chi connectivity index (χ3n) is 4.30. The highest BCUT2D eigenvalue weighted by molar-refractivity contribution is 6.08. The van der Waals surface area contributed by atoms with Gasteiger partial charge in [-0.2, -0.15) is 0 Å². The number of amides is 1. The fourth-order valence-electron chi connectivity index (χ4n) is 2.76. The number of fused-ring (bicyclic) bond motifs is 1. The molecule has 3 rings (SSSR count). The Morgan fingerprint density at radius 3 is 2.75 bits per heavy atom. The van der Waals surface area contributed by atoms with E-state index in [1.54, 1.807) is 18.3 Å². The van der Waals surface area contributed by atoms with Crippen molar-refractivity contribution in [2.45, 2.75) is 19.3 Å². The lowest BCUT2D eigenvalue weighted by molar-refractivity contribution is 0.102. The van der Waals surface area contributed by atoms with Crippen molar-refractivity contribution in [3.8, 4) is 0 Å². The molecule has 0 spiro atoms. The molecule has 0 aliphatic rings. The van der Waals surface area contributed by atoms with Gasteiger partial charge in [0.25, 0.3) is 5.91 Å². The molecule has 1 amide bonds. The van der Waals surface area contributed by atoms with Gasteiger partial charge in [-0.15, -0.1) is 10.2 Å². The summed E-state index contributed by atoms with van der Waals surface area (Å²) >= 11 is 0. The molecule has 3 heterocycles. The van der Waals surface area contributed by atoms with Crippen LogP contribution in [0.1, 0.15) is 29.6 Å². The predicted octanol–water partition coefficient (Wildman–Crippen LogP) is 2.21. The van der Waals surface area contributed by atoms with Crippen molar-refractivity contribution in [2.24, 2.45) is 5.73 Å². The van der Waals surface area contributed by atoms with Crippen LogP contribution in [0, 0.1) is 0 Å². The number of rotatable bonds is 9. The van der Waals surface area contributed by atoms with Gasteiger partial charge < -0.3 is 26.3 Å². The number of nitrogens with two attached hydrogens (primary N) is 1. The monoisotopic (exact) mass is 382 g/mol. The summed E-state index contributed by atoms with van der Waals surface area (Å²) < 4.78 is 0. The first-order chi connectivity index (χ1) is 13.6. The molecule has 0 radical (unpaired) electrons. The van der Waals surface area contributed by atoms with E-state index in [2.05, 4.69) is 30.8 Å². The van der Waals surface area contributed by atoms with Gasteiger partial charge in [0.2, 0.25) is 0 Å². The van der Waals surface area contributed by atoms with Crippen LogP contribution < -0.4 is 21.3 Å². The van der Waals surface area contributed by atoms with Crippen LogP contribution in [0.15, 0.2) is 30.5 Å². The smallest absolute Gasteiger partial charge is 0.260 e. The normalized spacial score (nSPS) is 10.8. The number of pyridine rings is 1. The van der Waals surface area contributed by atoms with Gasteiger partial charge in [-0.1, -0.05) is 6.42 Å². The molecule has 3 aromatic rings. The number of carbonyl (C=O) groups excluding carboxylic acids is 1. The van der Waals surface area contributed by atoms with E-state index in [9.17, 15) is 4.79 Å². The van der Waals surface area contributed by atoms with Gasteiger partial charge in [-0.25, -0.2) is 4.98 Å². The standard InChI is InChI=1S/C19H26N8O/c1-27(2)16-7-6-15(25-26-16)23-19(28)14-12-13-8-11-22-17(13)24-18(14)21-10-5-3-4-9-20/h6-8,11-12H,3-5,9-10,20H2,1-2H3,(H2,21,22,24)(H,23,25,28). The molecule has 3 aromatic heterocycles. The van der Waals surface area contributed by atoms with E-state index >= 15 is 0 Å². The SMILES string of the molecule is CN(C)c1ccc(NC(=O)c2cc3cc[nH]c3nc2NCCCCCN)nn1. The summed E-state index contributed by atoms with van der Waals surface area (Å²) in [5, 5.41) is 15.1. The lowest BCUT2D eigenvalue weighted by Crippen LogP contribution is -2.18. The van der Waals surface area contributed by atoms with Crippen molar-refractivity contribution in [3.63, 3.8) is 0 Å². The Hall–Kier alpha value is -3.20. The van der Waals surface area contributed by atoms with Gasteiger partial charge >= 0.3 is 0 Å². The zero-order valence-corrected chi connectivity index (χ0v) is 16.2. The minimum absolute atomic E-state index is 0.285. The second kappa shape index (κ2) is 9.14. The number of anilines is 3. The van der Waals surface area contributed by atoms with Crippen molar-refractivity contribution in [1.29, 1.82) is 0 Å². The lowest BCUT2D eigenvalue weighted by atomic mass is 10.2. The van der Waals surface area contributed by atoms with E-state index in [0.29, 0.717) is 29.6 Å². The number of unbranched alkanes of at least 4 members (excludes halogenated alkanes) is 2. The van der Waals surface area contributed by atoms with Gasteiger partial charge in [-0.05, 0) is 43.7 Å². The molecule has 0 saturated heterocycles. The van der Waals surface area contributed by atoms with E-state index in [4.69, 9.17) is 5.73 Å². The predicted molar refractivity (Wildman–Crippen MR) is 112 cm³/mol. The maximum absolute atomic E-state index is 12.9. The highest BCUT2D eigenvalue weighted by atomic mass is 16.1. The molecule has 0 saturated carbocycles. The Labute approximate surface area is 163 Å². The highest BCUT2D eigenvalue weighted by Gasteiger charge is 2.16. The molecule has 9 heteroatoms. The summed E-state index contributed by atoms with van der Waals surface area (Å²) in [4.78, 5) is 22.3. The molecule has 0 unspecified atom stereocenters. The maximum Gasteiger partial charge on any atom is 0.260 e. The lowest BCUT2D eigenvalue weighted by Gasteiger charge is -2.13. The molecule has 9 nitrogen and oxygen atoms in total. The Morgan fingerprint density at radius 2 is 2.04 bits per heavy atom. The van der Waals surface area contributed by atoms with Crippen molar-refractivity contribution >= 4 is 34.4 Å². The molecule has 0 aliphatic heterocycles. The number of hydrogen-bond acceptors (Lipinski definition) is 7. The first kappa shape index (κ1) is 19.6. The molecule has 0 atom stereocenters. The number of H-pyrrole nitrogens is 1. The van der Waals surface area contributed by atoms with Crippen LogP contribution >= 0.6 is 0 Å². The molecule has 0 aromatic carbocycles. The molecule has 148 valence electrons. The van der Waals surface area contributed by atoms with Gasteiger partial charge in [0.05, 0.1) is 5.56 Å². The number of nitrogens with one attached hydrogen (secondary N) is 3. The zero-order chi connectivity index (χ0) is 19.9. The Bertz CT molecular complexity index is 919. The van der Waals surface area contributed by atoms with Gasteiger partial charge in [0.15, 0.2) is 11.6 Å². The summed E-state index contributed by atoms with van der Waals surface area (Å²) in [5.74, 6) is 1.36. The maximum atomic E-state index is 12.9. The Balaban J connectivity index is 1.77. The third-order valence-corrected chi connectivity index (χ3v) is 4.30. The van der Waals surface area contributed by atoms with Crippen LogP contribution in [0.25, 0.3) is 11.0 Å². The molecular weight excluding hydrogens is 356 g/mol. The van der Waals surface area contributed by atoms with E-state index in [1.165, 1.54) is 0 Å². The van der Waals surface area contributed by atoms with Crippen molar-refractivity contribution in [3.05, 3.63) is 36.0 Å². The fourth-order valence-corrected chi connectivity index (χ4v) is 2.76. The summed E-state index contributed by atoms with van der Waals surface area (Å²) in [6, 6.07) is 7.23. The van der Waals surface area contributed by atoms with Crippen LogP contribution in [0.4, 0.5) is 17.5 Å². The first-order valence-electron chi connectivity index (χ1n) is 9.33. The van der Waals surface area contributed by atoms with Gasteiger partial charge in [-0.3, -0.25) is 4.79 Å². The van der Waals surface area contributed by atoms with Crippen LogP contribution in [-0.4, -0.2) is 53.3 Å². The number of aromatic nitrogens is 4. The molecule has 5 N–H and O–H groups in total. The van der Waals surface area contributed by atoms with E-state index in [1.807, 2.05) is 31.1 Å². The van der Waals surface area contributed by atoms with Crippen LogP contribution in [-0.2, 0) is 0 Å². The summed E-state index contributed by atoms with van der Waals surface area (Å²) in [6.07, 6.45) is 4.78. The highest BCUT2D eigenvalue weighted by Crippen LogP contribution is 2.21. The fraction of sp³-hybridized carbons (Fsp3) is 0.368. The minimum atomic E-state index is -0.285. The largest absolute Gasteiger partial charge is 0.369 e. The van der Waals surface area contributed by atoms with Crippen molar-refractivity contribution < 1.29 is 4.79 Å². The van der Waals surface area contributed by atoms with Crippen molar-refractivity contribution in [1.82, 2.24) is 20.2 Å². The summed E-state index contributed by atoms with van der Waals surface area (Å²) in [7, 11) is 3.76. The number of aromatic amines is 1. The zero-order valence-electron chi connectivity index (χ0n) is 16.2. The molecule has 0 fully saturated rings. The number of nitrogens with zero attached hydrogens (tertiary/aromatic N) is 4. The van der Waals surface area contributed by atoms with Gasteiger partial charge in [0.1, 0.15) is 11.5 Å². The number of hydrogen-bond donors (Lipinski definition) is 4. The second-order valence-corrected chi connectivity index (χ2v) is 6.70. The van der Waals surface area contributed by atoms with Crippen LogP contribution in [0.3, 0.4) is 0 Å². The van der Waals surface area contributed by atoms with E-state index in [-0.39, 0.29) is 5.91 Å². The van der Waals surface area contributed by atoms with E-state index in [0.717, 1.165) is 36.8 Å². The van der Waals surface area contributed by atoms with E-state index < -0.39 is 0 Å².